The number of carbonyl (C=O) groups excluding carboxylic acids is 3. The molecule has 1 aromatic carbocycles. The minimum atomic E-state index is -0.860. The first-order chi connectivity index (χ1) is 11.9. The molecule has 2 amide bonds. The van der Waals surface area contributed by atoms with Gasteiger partial charge in [0.25, 0.3) is 11.8 Å². The molecule has 2 aliphatic rings. The highest BCUT2D eigenvalue weighted by molar-refractivity contribution is 6.21. The number of imide groups is 1. The van der Waals surface area contributed by atoms with Crippen molar-refractivity contribution in [2.24, 2.45) is 0 Å². The van der Waals surface area contributed by atoms with E-state index in [4.69, 9.17) is 9.47 Å². The molecule has 1 aromatic rings. The second-order valence-electron chi connectivity index (χ2n) is 7.19. The Morgan fingerprint density at radius 2 is 1.68 bits per heavy atom. The Labute approximate surface area is 147 Å². The van der Waals surface area contributed by atoms with Crippen molar-refractivity contribution in [1.82, 2.24) is 4.90 Å². The van der Waals surface area contributed by atoms with Crippen molar-refractivity contribution in [1.29, 1.82) is 0 Å². The van der Waals surface area contributed by atoms with Crippen molar-refractivity contribution < 1.29 is 23.9 Å². The summed E-state index contributed by atoms with van der Waals surface area (Å²) in [5.74, 6) is -1.06. The Bertz CT molecular complexity index is 656. The molecule has 1 aliphatic heterocycles. The van der Waals surface area contributed by atoms with Gasteiger partial charge in [0.05, 0.1) is 23.3 Å². The van der Waals surface area contributed by atoms with Crippen LogP contribution < -0.4 is 0 Å². The molecule has 6 heteroatoms. The summed E-state index contributed by atoms with van der Waals surface area (Å²) in [6.07, 6.45) is 4.00. The van der Waals surface area contributed by atoms with Gasteiger partial charge in [0, 0.05) is 0 Å². The number of carbonyl (C=O) groups is 3. The second-order valence-corrected chi connectivity index (χ2v) is 7.19. The molecule has 0 bridgehead atoms. The van der Waals surface area contributed by atoms with E-state index < -0.39 is 11.5 Å². The average Bonchev–Trinajstić information content (AvgIpc) is 3.15. The maximum absolute atomic E-state index is 12.5. The van der Waals surface area contributed by atoms with E-state index in [9.17, 15) is 14.4 Å². The monoisotopic (exact) mass is 345 g/mol. The smallest absolute Gasteiger partial charge is 0.332 e. The topological polar surface area (TPSA) is 72.9 Å². The molecule has 1 aliphatic carbocycles. The molecule has 0 saturated heterocycles. The summed E-state index contributed by atoms with van der Waals surface area (Å²) in [7, 11) is 0. The van der Waals surface area contributed by atoms with Crippen LogP contribution in [0, 0.1) is 0 Å². The highest BCUT2D eigenvalue weighted by Crippen LogP contribution is 2.29. The zero-order valence-corrected chi connectivity index (χ0v) is 14.6. The number of fused-ring (bicyclic) bond motifs is 1. The van der Waals surface area contributed by atoms with Crippen molar-refractivity contribution >= 4 is 17.8 Å². The number of amides is 2. The molecule has 134 valence electrons. The molecule has 1 heterocycles. The van der Waals surface area contributed by atoms with Gasteiger partial charge in [0.2, 0.25) is 0 Å². The number of rotatable bonds is 6. The molecule has 0 radical (unpaired) electrons. The third-order valence-electron chi connectivity index (χ3n) is 4.67. The van der Waals surface area contributed by atoms with Crippen LogP contribution in [0.1, 0.15) is 60.2 Å². The van der Waals surface area contributed by atoms with Crippen LogP contribution in [0.3, 0.4) is 0 Å². The molecular formula is C19H23NO5. The summed E-state index contributed by atoms with van der Waals surface area (Å²) in [5, 5.41) is 0. The van der Waals surface area contributed by atoms with E-state index in [2.05, 4.69) is 0 Å². The maximum atomic E-state index is 12.5. The summed E-state index contributed by atoms with van der Waals surface area (Å²) in [6, 6.07) is 6.75. The van der Waals surface area contributed by atoms with Gasteiger partial charge in [-0.3, -0.25) is 14.5 Å². The summed E-state index contributed by atoms with van der Waals surface area (Å²) >= 11 is 0. The lowest BCUT2D eigenvalue weighted by Crippen LogP contribution is -2.50. The Morgan fingerprint density at radius 1 is 1.12 bits per heavy atom. The Hall–Kier alpha value is -2.21. The number of esters is 1. The van der Waals surface area contributed by atoms with Crippen LogP contribution in [0.2, 0.25) is 0 Å². The summed E-state index contributed by atoms with van der Waals surface area (Å²) < 4.78 is 10.8. The molecule has 6 nitrogen and oxygen atoms in total. The Balaban J connectivity index is 1.56. The second kappa shape index (κ2) is 6.96. The lowest BCUT2D eigenvalue weighted by molar-refractivity contribution is -0.155. The fraction of sp³-hybridized carbons (Fsp3) is 0.526. The van der Waals surface area contributed by atoms with Crippen molar-refractivity contribution in [3.63, 3.8) is 0 Å². The number of nitrogens with zero attached hydrogens (tertiary/aromatic N) is 1. The van der Waals surface area contributed by atoms with Crippen molar-refractivity contribution in [3.05, 3.63) is 35.4 Å². The van der Waals surface area contributed by atoms with Crippen molar-refractivity contribution in [2.45, 2.75) is 51.2 Å². The minimum absolute atomic E-state index is 0.000321. The lowest BCUT2D eigenvalue weighted by Gasteiger charge is -2.33. The van der Waals surface area contributed by atoms with Gasteiger partial charge < -0.3 is 9.47 Å². The quantitative estimate of drug-likeness (QED) is 0.585. The largest absolute Gasteiger partial charge is 0.461 e. The Morgan fingerprint density at radius 3 is 2.24 bits per heavy atom. The number of ether oxygens (including phenoxy) is 2. The van der Waals surface area contributed by atoms with E-state index in [0.717, 1.165) is 25.7 Å². The summed E-state index contributed by atoms with van der Waals surface area (Å²) in [4.78, 5) is 38.1. The molecule has 0 unspecified atom stereocenters. The highest BCUT2D eigenvalue weighted by atomic mass is 16.6. The van der Waals surface area contributed by atoms with Crippen LogP contribution in [-0.2, 0) is 14.3 Å². The van der Waals surface area contributed by atoms with Crippen molar-refractivity contribution in [2.75, 3.05) is 13.2 Å². The molecule has 3 rings (SSSR count). The molecule has 1 fully saturated rings. The number of benzene rings is 1. The standard InChI is InChI=1S/C19H23NO5/c1-19(2,12-24-11-16(21)25-13-7-3-4-8-13)20-17(22)14-9-5-6-10-15(14)18(20)23/h5-6,9-10,13H,3-4,7-8,11-12H2,1-2H3. The zero-order chi connectivity index (χ0) is 18.0. The molecule has 1 saturated carbocycles. The van der Waals surface area contributed by atoms with Gasteiger partial charge in [0.15, 0.2) is 0 Å². The Kier molecular flexibility index (Phi) is 4.90. The summed E-state index contributed by atoms with van der Waals surface area (Å²) in [6.45, 7) is 3.38. The average molecular weight is 345 g/mol. The highest BCUT2D eigenvalue weighted by Gasteiger charge is 2.44. The van der Waals surface area contributed by atoms with Crippen LogP contribution in [0.15, 0.2) is 24.3 Å². The van der Waals surface area contributed by atoms with E-state index in [0.29, 0.717) is 11.1 Å². The van der Waals surface area contributed by atoms with Gasteiger partial charge in [-0.15, -0.1) is 0 Å². The fourth-order valence-corrected chi connectivity index (χ4v) is 3.41. The molecule has 0 spiro atoms. The van der Waals surface area contributed by atoms with E-state index in [1.807, 2.05) is 0 Å². The fourth-order valence-electron chi connectivity index (χ4n) is 3.41. The maximum Gasteiger partial charge on any atom is 0.332 e. The SMILES string of the molecule is CC(C)(COCC(=O)OC1CCCC1)N1C(=O)c2ccccc2C1=O. The van der Waals surface area contributed by atoms with Gasteiger partial charge in [-0.05, 0) is 51.7 Å². The van der Waals surface area contributed by atoms with Gasteiger partial charge in [-0.1, -0.05) is 12.1 Å². The van der Waals surface area contributed by atoms with Crippen LogP contribution in [0.4, 0.5) is 0 Å². The van der Waals surface area contributed by atoms with E-state index >= 15 is 0 Å². The van der Waals surface area contributed by atoms with Gasteiger partial charge in [-0.25, -0.2) is 4.79 Å². The first kappa shape index (κ1) is 17.6. The van der Waals surface area contributed by atoms with Gasteiger partial charge >= 0.3 is 5.97 Å². The molecule has 25 heavy (non-hydrogen) atoms. The third kappa shape index (κ3) is 3.58. The first-order valence-electron chi connectivity index (χ1n) is 8.65. The minimum Gasteiger partial charge on any atom is -0.461 e. The van der Waals surface area contributed by atoms with Crippen LogP contribution in [-0.4, -0.2) is 47.5 Å². The van der Waals surface area contributed by atoms with Gasteiger partial charge in [-0.2, -0.15) is 0 Å². The first-order valence-corrected chi connectivity index (χ1v) is 8.65. The molecule has 0 N–H and O–H groups in total. The lowest BCUT2D eigenvalue weighted by atomic mass is 10.0. The molecule has 0 atom stereocenters. The predicted octanol–water partition coefficient (Wildman–Crippen LogP) is 2.56. The summed E-state index contributed by atoms with van der Waals surface area (Å²) in [5.41, 5.74) is -0.0525. The van der Waals surface area contributed by atoms with E-state index in [-0.39, 0.29) is 31.1 Å². The molecular weight excluding hydrogens is 322 g/mol. The molecule has 0 aromatic heterocycles. The zero-order valence-electron chi connectivity index (χ0n) is 14.6. The van der Waals surface area contributed by atoms with Gasteiger partial charge in [0.1, 0.15) is 12.7 Å². The van der Waals surface area contributed by atoms with E-state index in [1.54, 1.807) is 38.1 Å². The van der Waals surface area contributed by atoms with E-state index in [1.165, 1.54) is 4.90 Å². The number of hydrogen-bond donors (Lipinski definition) is 0. The number of hydrogen-bond acceptors (Lipinski definition) is 5. The predicted molar refractivity (Wildman–Crippen MR) is 90.2 cm³/mol. The van der Waals surface area contributed by atoms with Crippen LogP contribution >= 0.6 is 0 Å². The van der Waals surface area contributed by atoms with Crippen LogP contribution in [0.5, 0.6) is 0 Å². The van der Waals surface area contributed by atoms with Crippen molar-refractivity contribution in [3.8, 4) is 0 Å². The third-order valence-corrected chi connectivity index (χ3v) is 4.67. The normalized spacial score (nSPS) is 17.9. The van der Waals surface area contributed by atoms with Crippen LogP contribution in [0.25, 0.3) is 0 Å².